The third-order valence-corrected chi connectivity index (χ3v) is 3.83. The van der Waals surface area contributed by atoms with E-state index in [-0.39, 0.29) is 12.0 Å². The first kappa shape index (κ1) is 14.6. The van der Waals surface area contributed by atoms with Crippen molar-refractivity contribution in [3.8, 4) is 17.0 Å². The van der Waals surface area contributed by atoms with Gasteiger partial charge in [-0.05, 0) is 36.2 Å². The van der Waals surface area contributed by atoms with Gasteiger partial charge in [-0.3, -0.25) is 9.78 Å². The maximum absolute atomic E-state index is 11.4. The zero-order chi connectivity index (χ0) is 15.5. The van der Waals surface area contributed by atoms with Crippen molar-refractivity contribution >= 4 is 5.91 Å². The van der Waals surface area contributed by atoms with Crippen LogP contribution in [-0.2, 0) is 11.2 Å². The third-order valence-electron chi connectivity index (χ3n) is 3.83. The van der Waals surface area contributed by atoms with Crippen LogP contribution in [0.4, 0.5) is 0 Å². The highest BCUT2D eigenvalue weighted by Crippen LogP contribution is 2.38. The van der Waals surface area contributed by atoms with E-state index in [2.05, 4.69) is 29.4 Å². The van der Waals surface area contributed by atoms with Crippen LogP contribution in [0.5, 0.6) is 5.75 Å². The molecule has 114 valence electrons. The van der Waals surface area contributed by atoms with Crippen molar-refractivity contribution in [1.29, 1.82) is 0 Å². The first-order valence-electron chi connectivity index (χ1n) is 7.65. The molecule has 4 heteroatoms. The summed E-state index contributed by atoms with van der Waals surface area (Å²) in [5, 5.41) is 2.90. The Bertz CT molecular complexity index is 683. The average Bonchev–Trinajstić information content (AvgIpc) is 2.95. The van der Waals surface area contributed by atoms with Gasteiger partial charge in [-0.25, -0.2) is 0 Å². The monoisotopic (exact) mass is 296 g/mol. The molecule has 0 radical (unpaired) electrons. The molecule has 4 nitrogen and oxygen atoms in total. The molecule has 2 heterocycles. The minimum atomic E-state index is -0.00485. The van der Waals surface area contributed by atoms with E-state index in [9.17, 15) is 4.79 Å². The fourth-order valence-corrected chi connectivity index (χ4v) is 2.77. The van der Waals surface area contributed by atoms with E-state index in [1.807, 2.05) is 25.1 Å². The van der Waals surface area contributed by atoms with Gasteiger partial charge in [-0.2, -0.15) is 0 Å². The quantitative estimate of drug-likeness (QED) is 0.944. The van der Waals surface area contributed by atoms with Crippen LogP contribution in [-0.4, -0.2) is 23.5 Å². The van der Waals surface area contributed by atoms with Crippen LogP contribution < -0.4 is 10.1 Å². The van der Waals surface area contributed by atoms with E-state index in [0.29, 0.717) is 13.0 Å². The fraction of sp³-hybridized carbons (Fsp3) is 0.333. The number of carbonyl (C=O) groups excluding carboxylic acids is 1. The Morgan fingerprint density at radius 2 is 2.27 bits per heavy atom. The standard InChI is InChI=1S/C18H20N2O2/c1-3-17(21)20-11-14-10-13-8-12(2)9-15(18(13)22-14)16-6-4-5-7-19-16/h4-9,14H,3,10-11H2,1-2H3,(H,20,21). The highest BCUT2D eigenvalue weighted by atomic mass is 16.5. The summed E-state index contributed by atoms with van der Waals surface area (Å²) in [5.74, 6) is 0.959. The first-order chi connectivity index (χ1) is 10.7. The van der Waals surface area contributed by atoms with Crippen molar-refractivity contribution in [3.05, 3.63) is 47.7 Å². The molecule has 3 rings (SSSR count). The van der Waals surface area contributed by atoms with Gasteiger partial charge < -0.3 is 10.1 Å². The molecule has 0 aliphatic carbocycles. The third kappa shape index (κ3) is 2.96. The summed E-state index contributed by atoms with van der Waals surface area (Å²) < 4.78 is 6.09. The van der Waals surface area contributed by atoms with Gasteiger partial charge in [-0.15, -0.1) is 0 Å². The van der Waals surface area contributed by atoms with Crippen LogP contribution in [0.25, 0.3) is 11.3 Å². The number of aryl methyl sites for hydroxylation is 1. The molecule has 1 N–H and O–H groups in total. The lowest BCUT2D eigenvalue weighted by molar-refractivity contribution is -0.121. The lowest BCUT2D eigenvalue weighted by atomic mass is 10.0. The van der Waals surface area contributed by atoms with Crippen molar-refractivity contribution in [2.75, 3.05) is 6.54 Å². The SMILES string of the molecule is CCC(=O)NCC1Cc2cc(C)cc(-c3ccccn3)c2O1. The Morgan fingerprint density at radius 3 is 3.00 bits per heavy atom. The molecule has 0 saturated heterocycles. The summed E-state index contributed by atoms with van der Waals surface area (Å²) >= 11 is 0. The molecule has 2 aromatic rings. The fourth-order valence-electron chi connectivity index (χ4n) is 2.77. The van der Waals surface area contributed by atoms with Crippen LogP contribution in [0.2, 0.25) is 0 Å². The van der Waals surface area contributed by atoms with Crippen molar-refractivity contribution in [1.82, 2.24) is 10.3 Å². The Hall–Kier alpha value is -2.36. The van der Waals surface area contributed by atoms with Gasteiger partial charge in [0.25, 0.3) is 0 Å². The Balaban J connectivity index is 1.85. The number of amides is 1. The van der Waals surface area contributed by atoms with Crippen molar-refractivity contribution in [3.63, 3.8) is 0 Å². The van der Waals surface area contributed by atoms with E-state index < -0.39 is 0 Å². The van der Waals surface area contributed by atoms with Gasteiger partial charge in [0.1, 0.15) is 11.9 Å². The molecule has 1 unspecified atom stereocenters. The normalized spacial score (nSPS) is 16.0. The molecule has 0 saturated carbocycles. The number of nitrogens with zero attached hydrogens (tertiary/aromatic N) is 1. The van der Waals surface area contributed by atoms with Crippen molar-refractivity contribution < 1.29 is 9.53 Å². The second-order valence-electron chi connectivity index (χ2n) is 5.62. The molecule has 0 bridgehead atoms. The van der Waals surface area contributed by atoms with Crippen LogP contribution in [0.3, 0.4) is 0 Å². The molecule has 0 spiro atoms. The number of benzene rings is 1. The van der Waals surface area contributed by atoms with Crippen LogP contribution >= 0.6 is 0 Å². The number of carbonyl (C=O) groups is 1. The summed E-state index contributed by atoms with van der Waals surface area (Å²) in [6.07, 6.45) is 3.10. The molecule has 22 heavy (non-hydrogen) atoms. The number of nitrogens with one attached hydrogen (secondary N) is 1. The zero-order valence-electron chi connectivity index (χ0n) is 12.9. The van der Waals surface area contributed by atoms with Crippen molar-refractivity contribution in [2.45, 2.75) is 32.8 Å². The average molecular weight is 296 g/mol. The van der Waals surface area contributed by atoms with E-state index in [1.165, 1.54) is 11.1 Å². The number of fused-ring (bicyclic) bond motifs is 1. The summed E-state index contributed by atoms with van der Waals surface area (Å²) in [5.41, 5.74) is 4.33. The molecule has 1 atom stereocenters. The number of aromatic nitrogens is 1. The van der Waals surface area contributed by atoms with Gasteiger partial charge >= 0.3 is 0 Å². The topological polar surface area (TPSA) is 51.2 Å². The minimum absolute atomic E-state index is 0.00485. The van der Waals surface area contributed by atoms with Crippen molar-refractivity contribution in [2.24, 2.45) is 0 Å². The van der Waals surface area contributed by atoms with Crippen LogP contribution in [0.15, 0.2) is 36.5 Å². The highest BCUT2D eigenvalue weighted by Gasteiger charge is 2.26. The second kappa shape index (κ2) is 6.18. The lowest BCUT2D eigenvalue weighted by Gasteiger charge is -2.13. The van der Waals surface area contributed by atoms with Crippen LogP contribution in [0, 0.1) is 6.92 Å². The van der Waals surface area contributed by atoms with Gasteiger partial charge in [0.15, 0.2) is 0 Å². The van der Waals surface area contributed by atoms with E-state index >= 15 is 0 Å². The largest absolute Gasteiger partial charge is 0.487 e. The maximum atomic E-state index is 11.4. The first-order valence-corrected chi connectivity index (χ1v) is 7.65. The minimum Gasteiger partial charge on any atom is -0.487 e. The predicted molar refractivity (Wildman–Crippen MR) is 85.8 cm³/mol. The second-order valence-corrected chi connectivity index (χ2v) is 5.62. The van der Waals surface area contributed by atoms with Gasteiger partial charge in [0.2, 0.25) is 5.91 Å². The van der Waals surface area contributed by atoms with E-state index in [0.717, 1.165) is 23.4 Å². The number of hydrogen-bond donors (Lipinski definition) is 1. The molecular formula is C18H20N2O2. The molecule has 1 aromatic carbocycles. The summed E-state index contributed by atoms with van der Waals surface area (Å²) in [7, 11) is 0. The zero-order valence-corrected chi connectivity index (χ0v) is 12.9. The number of pyridine rings is 1. The molecule has 1 aliphatic heterocycles. The molecule has 1 amide bonds. The van der Waals surface area contributed by atoms with Gasteiger partial charge in [-0.1, -0.05) is 19.1 Å². The van der Waals surface area contributed by atoms with E-state index in [4.69, 9.17) is 4.74 Å². The lowest BCUT2D eigenvalue weighted by Crippen LogP contribution is -2.33. The predicted octanol–water partition coefficient (Wildman–Crippen LogP) is 2.89. The maximum Gasteiger partial charge on any atom is 0.219 e. The van der Waals surface area contributed by atoms with Gasteiger partial charge in [0, 0.05) is 24.6 Å². The van der Waals surface area contributed by atoms with Gasteiger partial charge in [0.05, 0.1) is 12.2 Å². The molecule has 1 aromatic heterocycles. The number of ether oxygens (including phenoxy) is 1. The van der Waals surface area contributed by atoms with Crippen LogP contribution in [0.1, 0.15) is 24.5 Å². The molecule has 1 aliphatic rings. The smallest absolute Gasteiger partial charge is 0.219 e. The Kier molecular flexibility index (Phi) is 4.09. The Morgan fingerprint density at radius 1 is 1.41 bits per heavy atom. The Labute approximate surface area is 130 Å². The summed E-state index contributed by atoms with van der Waals surface area (Å²) in [6, 6.07) is 10.1. The number of rotatable bonds is 4. The highest BCUT2D eigenvalue weighted by molar-refractivity contribution is 5.75. The molecular weight excluding hydrogens is 276 g/mol. The summed E-state index contributed by atoms with van der Waals surface area (Å²) in [4.78, 5) is 15.8. The number of hydrogen-bond acceptors (Lipinski definition) is 3. The van der Waals surface area contributed by atoms with E-state index in [1.54, 1.807) is 6.20 Å². The molecule has 0 fully saturated rings. The summed E-state index contributed by atoms with van der Waals surface area (Å²) in [6.45, 7) is 4.48.